The Hall–Kier alpha value is -7.48. The van der Waals surface area contributed by atoms with Crippen LogP contribution in [0.5, 0.6) is 23.0 Å². The van der Waals surface area contributed by atoms with Gasteiger partial charge in [-0.1, -0.05) is 108 Å². The molecule has 0 saturated carbocycles. The van der Waals surface area contributed by atoms with Crippen LogP contribution in [0.4, 0.5) is 22.7 Å². The summed E-state index contributed by atoms with van der Waals surface area (Å²) < 4.78 is 12.2. The van der Waals surface area contributed by atoms with Crippen molar-refractivity contribution in [3.63, 3.8) is 0 Å². The average Bonchev–Trinajstić information content (AvgIpc) is 3.91. The van der Waals surface area contributed by atoms with Crippen LogP contribution in [0.2, 0.25) is 0 Å². The first-order valence-corrected chi connectivity index (χ1v) is 23.6. The van der Waals surface area contributed by atoms with Gasteiger partial charge in [0.25, 0.3) is 0 Å². The molecule has 0 amide bonds. The maximum absolute atomic E-state index is 11.1. The van der Waals surface area contributed by atoms with Crippen LogP contribution in [0.15, 0.2) is 194 Å². The Morgan fingerprint density at radius 3 is 0.930 bits per heavy atom. The number of anilines is 4. The fourth-order valence-corrected chi connectivity index (χ4v) is 8.89. The molecule has 0 N–H and O–H groups in total. The zero-order chi connectivity index (χ0) is 49.6. The maximum atomic E-state index is 11.1. The standard InChI is InChI=1S/2C24H24N3O.2C7H7.Zr/c2*1-17-15-18(2)23(19(3)16-17)27-14-13-26(24(27)25)21-11-7-8-12-22(21)28-20-9-5-4-6-10-20;2*1-7-5-3-2-4-6-7;/h2*4-12,15-16H,13-14H2,1-3H3;2*2-6H,1H2;/q4*-1;+4. The Balaban J connectivity index is 0.000000180. The van der Waals surface area contributed by atoms with E-state index in [2.05, 4.69) is 79.7 Å². The van der Waals surface area contributed by atoms with Crippen molar-refractivity contribution < 1.29 is 35.7 Å². The van der Waals surface area contributed by atoms with Crippen molar-refractivity contribution >= 4 is 34.7 Å². The van der Waals surface area contributed by atoms with E-state index in [1.165, 1.54) is 33.4 Å². The third-order valence-corrected chi connectivity index (χ3v) is 11.8. The van der Waals surface area contributed by atoms with Gasteiger partial charge in [-0.2, -0.15) is 49.2 Å². The summed E-state index contributed by atoms with van der Waals surface area (Å²) in [7, 11) is 0. The molecule has 9 heteroatoms. The molecule has 2 aliphatic heterocycles. The SMILES string of the molecule is Cc1cc(C)c(N2CCN(c3ccccc3Oc3ccccc3)C2=[N-])c(C)c1.Cc1cc(C)c(N2CCN(c3ccccc3Oc3ccccc3)C2=[N-])c(C)c1.[CH2-]c1ccccc1.[CH2-]c1ccccc1.[Zr+4]. The summed E-state index contributed by atoms with van der Waals surface area (Å²) in [6.45, 7) is 22.8. The van der Waals surface area contributed by atoms with Gasteiger partial charge in [-0.3, -0.25) is 0 Å². The number of benzene rings is 8. The van der Waals surface area contributed by atoms with Crippen LogP contribution in [0.1, 0.15) is 44.5 Å². The van der Waals surface area contributed by atoms with Gasteiger partial charge in [0.1, 0.15) is 23.0 Å². The molecule has 0 atom stereocenters. The van der Waals surface area contributed by atoms with Gasteiger partial charge in [0, 0.05) is 23.3 Å². The van der Waals surface area contributed by atoms with Gasteiger partial charge in [0.2, 0.25) is 0 Å². The smallest absolute Gasteiger partial charge is 0.457 e. The number of hydrogen-bond donors (Lipinski definition) is 0. The summed E-state index contributed by atoms with van der Waals surface area (Å²) in [4.78, 5) is 7.81. The second kappa shape index (κ2) is 25.4. The van der Waals surface area contributed by atoms with Gasteiger partial charge < -0.3 is 39.9 Å². The Morgan fingerprint density at radius 2 is 0.634 bits per heavy atom. The molecule has 10 rings (SSSR count). The number of para-hydroxylation sites is 6. The van der Waals surface area contributed by atoms with Crippen molar-refractivity contribution in [3.8, 4) is 23.0 Å². The van der Waals surface area contributed by atoms with Crippen LogP contribution >= 0.6 is 0 Å². The van der Waals surface area contributed by atoms with E-state index in [0.29, 0.717) is 13.1 Å². The molecule has 0 bridgehead atoms. The molecule has 71 heavy (non-hydrogen) atoms. The Bertz CT molecular complexity index is 2740. The molecular formula is C62H62N6O2Zr. The maximum Gasteiger partial charge on any atom is 4.00 e. The van der Waals surface area contributed by atoms with E-state index in [1.54, 1.807) is 0 Å². The number of aryl methyl sites for hydroxylation is 6. The first-order valence-electron chi connectivity index (χ1n) is 23.6. The monoisotopic (exact) mass is 1010 g/mol. The van der Waals surface area contributed by atoms with E-state index >= 15 is 0 Å². The summed E-state index contributed by atoms with van der Waals surface area (Å²) in [5.41, 5.74) is 13.1. The van der Waals surface area contributed by atoms with Gasteiger partial charge in [-0.25, -0.2) is 0 Å². The van der Waals surface area contributed by atoms with Crippen molar-refractivity contribution in [1.82, 2.24) is 0 Å². The van der Waals surface area contributed by atoms with E-state index in [-0.39, 0.29) is 38.1 Å². The fourth-order valence-electron chi connectivity index (χ4n) is 8.89. The van der Waals surface area contributed by atoms with Crippen LogP contribution in [0.25, 0.3) is 10.8 Å². The minimum atomic E-state index is 0. The van der Waals surface area contributed by atoms with Gasteiger partial charge in [0.15, 0.2) is 0 Å². The van der Waals surface area contributed by atoms with Gasteiger partial charge in [-0.15, -0.1) is 24.3 Å². The number of hydrogen-bond acceptors (Lipinski definition) is 2. The zero-order valence-corrected chi connectivity index (χ0v) is 44.2. The van der Waals surface area contributed by atoms with Crippen molar-refractivity contribution in [2.45, 2.75) is 41.5 Å². The normalized spacial score (nSPS) is 12.6. The van der Waals surface area contributed by atoms with Crippen LogP contribution < -0.4 is 29.1 Å². The molecule has 8 aromatic rings. The molecule has 356 valence electrons. The third-order valence-electron chi connectivity index (χ3n) is 11.8. The zero-order valence-electron chi connectivity index (χ0n) is 41.7. The molecule has 0 unspecified atom stereocenters. The molecule has 2 heterocycles. The fraction of sp³-hybridized carbons (Fsp3) is 0.161. The number of nitrogens with zero attached hydrogens (tertiary/aromatic N) is 6. The molecule has 2 aliphatic rings. The summed E-state index contributed by atoms with van der Waals surface area (Å²) >= 11 is 0. The molecule has 0 spiro atoms. The number of ether oxygens (including phenoxy) is 2. The van der Waals surface area contributed by atoms with Crippen molar-refractivity contribution in [1.29, 1.82) is 0 Å². The van der Waals surface area contributed by atoms with Gasteiger partial charge in [0.05, 0.1) is 0 Å². The Kier molecular flexibility index (Phi) is 18.9. The minimum Gasteiger partial charge on any atom is -0.457 e. The summed E-state index contributed by atoms with van der Waals surface area (Å²) in [5, 5.41) is 22.2. The van der Waals surface area contributed by atoms with E-state index in [1.807, 2.05) is 189 Å². The van der Waals surface area contributed by atoms with Crippen molar-refractivity contribution in [2.75, 3.05) is 45.8 Å². The molecular weight excluding hydrogens is 952 g/mol. The molecule has 2 saturated heterocycles. The first-order chi connectivity index (χ1) is 33.9. The van der Waals surface area contributed by atoms with Crippen LogP contribution in [0, 0.1) is 55.4 Å². The molecule has 0 aromatic heterocycles. The molecule has 0 radical (unpaired) electrons. The molecule has 8 aromatic carbocycles. The number of guanidine groups is 2. The predicted molar refractivity (Wildman–Crippen MR) is 295 cm³/mol. The van der Waals surface area contributed by atoms with Crippen LogP contribution in [-0.2, 0) is 26.2 Å². The third kappa shape index (κ3) is 13.9. The minimum absolute atomic E-state index is 0. The second-order valence-corrected chi connectivity index (χ2v) is 17.4. The van der Waals surface area contributed by atoms with Crippen molar-refractivity contribution in [3.05, 3.63) is 263 Å². The topological polar surface area (TPSA) is 76.0 Å². The molecule has 0 aliphatic carbocycles. The van der Waals surface area contributed by atoms with Gasteiger partial charge >= 0.3 is 26.2 Å². The van der Waals surface area contributed by atoms with Crippen LogP contribution in [0.3, 0.4) is 0 Å². The average molecular weight is 1010 g/mol. The van der Waals surface area contributed by atoms with E-state index < -0.39 is 0 Å². The number of rotatable bonds is 8. The van der Waals surface area contributed by atoms with E-state index in [9.17, 15) is 10.8 Å². The van der Waals surface area contributed by atoms with Gasteiger partial charge in [-0.05, 0) is 150 Å². The largest absolute Gasteiger partial charge is 4.00 e. The Labute approximate surface area is 441 Å². The first kappa shape index (κ1) is 52.9. The summed E-state index contributed by atoms with van der Waals surface area (Å²) in [5.74, 6) is 3.46. The molecule has 2 fully saturated rings. The second-order valence-electron chi connectivity index (χ2n) is 17.4. The quantitative estimate of drug-likeness (QED) is 0.141. The summed E-state index contributed by atoms with van der Waals surface area (Å²) in [6, 6.07) is 63.4. The van der Waals surface area contributed by atoms with Crippen LogP contribution in [-0.4, -0.2) is 38.1 Å². The van der Waals surface area contributed by atoms with E-state index in [0.717, 1.165) is 70.0 Å². The Morgan fingerprint density at radius 1 is 0.366 bits per heavy atom. The van der Waals surface area contributed by atoms with Crippen molar-refractivity contribution in [2.24, 2.45) is 0 Å². The summed E-state index contributed by atoms with van der Waals surface area (Å²) in [6.07, 6.45) is 0. The molecule has 8 nitrogen and oxygen atoms in total. The van der Waals surface area contributed by atoms with E-state index in [4.69, 9.17) is 9.47 Å². The predicted octanol–water partition coefficient (Wildman–Crippen LogP) is 15.0.